The topological polar surface area (TPSA) is 12.9 Å². The fraction of sp³-hybridized carbons (Fsp3) is 0.118. The van der Waals surface area contributed by atoms with Crippen molar-refractivity contribution in [3.05, 3.63) is 71.8 Å². The van der Waals surface area contributed by atoms with Crippen LogP contribution < -0.4 is 0 Å². The van der Waals surface area contributed by atoms with Crippen LogP contribution in [0.25, 0.3) is 10.9 Å². The average molecular weight is 265 g/mol. The van der Waals surface area contributed by atoms with Crippen LogP contribution in [0.5, 0.6) is 0 Å². The van der Waals surface area contributed by atoms with Crippen LogP contribution in [0, 0.1) is 6.92 Å². The number of aryl methyl sites for hydroxylation is 1. The van der Waals surface area contributed by atoms with Crippen LogP contribution in [0.15, 0.2) is 65.7 Å². The minimum atomic E-state index is 0.964. The molecular formula is C17H15NS. The molecule has 0 N–H and O–H groups in total. The van der Waals surface area contributed by atoms with Gasteiger partial charge >= 0.3 is 0 Å². The highest BCUT2D eigenvalue weighted by atomic mass is 32.2. The predicted molar refractivity (Wildman–Crippen MR) is 82.5 cm³/mol. The van der Waals surface area contributed by atoms with E-state index in [0.717, 1.165) is 16.3 Å². The van der Waals surface area contributed by atoms with Gasteiger partial charge in [0.1, 0.15) is 0 Å². The number of hydrogen-bond donors (Lipinski definition) is 0. The summed E-state index contributed by atoms with van der Waals surface area (Å²) < 4.78 is 0. The van der Waals surface area contributed by atoms with Crippen LogP contribution in [-0.2, 0) is 5.75 Å². The third-order valence-electron chi connectivity index (χ3n) is 3.08. The molecule has 0 fully saturated rings. The number of nitrogens with zero attached hydrogens (tertiary/aromatic N) is 1. The van der Waals surface area contributed by atoms with E-state index >= 15 is 0 Å². The van der Waals surface area contributed by atoms with Gasteiger partial charge in [-0.1, -0.05) is 54.1 Å². The van der Waals surface area contributed by atoms with Crippen molar-refractivity contribution in [1.82, 2.24) is 4.98 Å². The number of aromatic nitrogens is 1. The van der Waals surface area contributed by atoms with Crippen LogP contribution in [0.1, 0.15) is 11.1 Å². The third-order valence-corrected chi connectivity index (χ3v) is 4.08. The van der Waals surface area contributed by atoms with Crippen molar-refractivity contribution in [3.8, 4) is 0 Å². The first-order valence-corrected chi connectivity index (χ1v) is 7.34. The van der Waals surface area contributed by atoms with Gasteiger partial charge in [0, 0.05) is 11.1 Å². The Bertz CT molecular complexity index is 689. The molecule has 0 aliphatic rings. The second-order valence-corrected chi connectivity index (χ2v) is 5.61. The van der Waals surface area contributed by atoms with E-state index in [-0.39, 0.29) is 0 Å². The lowest BCUT2D eigenvalue weighted by molar-refractivity contribution is 1.18. The SMILES string of the molecule is Cc1ccc(CSc2ccc3ccccc3n2)cc1. The van der Waals surface area contributed by atoms with E-state index in [0.29, 0.717) is 0 Å². The molecule has 2 aromatic carbocycles. The number of fused-ring (bicyclic) bond motifs is 1. The van der Waals surface area contributed by atoms with Crippen LogP contribution in [0.3, 0.4) is 0 Å². The molecule has 19 heavy (non-hydrogen) atoms. The quantitative estimate of drug-likeness (QED) is 0.629. The molecule has 1 heterocycles. The fourth-order valence-corrected chi connectivity index (χ4v) is 2.80. The molecule has 0 radical (unpaired) electrons. The molecule has 0 atom stereocenters. The average Bonchev–Trinajstić information content (AvgIpc) is 2.46. The minimum absolute atomic E-state index is 0.964. The standard InChI is InChI=1S/C17H15NS/c1-13-6-8-14(9-7-13)12-19-17-11-10-15-4-2-3-5-16(15)18-17/h2-11H,12H2,1H3. The number of hydrogen-bond acceptors (Lipinski definition) is 2. The molecule has 0 bridgehead atoms. The maximum Gasteiger partial charge on any atom is 0.0970 e. The highest BCUT2D eigenvalue weighted by Crippen LogP contribution is 2.23. The Labute approximate surface area is 117 Å². The lowest BCUT2D eigenvalue weighted by Crippen LogP contribution is -1.85. The summed E-state index contributed by atoms with van der Waals surface area (Å²) in [5.41, 5.74) is 3.71. The Morgan fingerprint density at radius 3 is 2.53 bits per heavy atom. The molecule has 0 saturated heterocycles. The summed E-state index contributed by atoms with van der Waals surface area (Å²) in [6.45, 7) is 2.11. The highest BCUT2D eigenvalue weighted by molar-refractivity contribution is 7.98. The van der Waals surface area contributed by atoms with Gasteiger partial charge in [0.05, 0.1) is 10.5 Å². The Morgan fingerprint density at radius 1 is 0.895 bits per heavy atom. The zero-order chi connectivity index (χ0) is 13.1. The van der Waals surface area contributed by atoms with Crippen molar-refractivity contribution < 1.29 is 0 Å². The van der Waals surface area contributed by atoms with Crippen molar-refractivity contribution in [2.45, 2.75) is 17.7 Å². The van der Waals surface area contributed by atoms with Crippen LogP contribution >= 0.6 is 11.8 Å². The summed E-state index contributed by atoms with van der Waals surface area (Å²) in [6.07, 6.45) is 0. The van der Waals surface area contributed by atoms with Crippen molar-refractivity contribution in [3.63, 3.8) is 0 Å². The van der Waals surface area contributed by atoms with E-state index in [9.17, 15) is 0 Å². The molecule has 1 nitrogen and oxygen atoms in total. The summed E-state index contributed by atoms with van der Waals surface area (Å²) in [5, 5.41) is 2.28. The first-order chi connectivity index (χ1) is 9.31. The van der Waals surface area contributed by atoms with Crippen LogP contribution in [0.4, 0.5) is 0 Å². The van der Waals surface area contributed by atoms with E-state index in [1.54, 1.807) is 11.8 Å². The van der Waals surface area contributed by atoms with Gasteiger partial charge in [-0.05, 0) is 24.6 Å². The summed E-state index contributed by atoms with van der Waals surface area (Å²) in [4.78, 5) is 4.67. The smallest absolute Gasteiger partial charge is 0.0970 e. The molecule has 0 aliphatic heterocycles. The van der Waals surface area contributed by atoms with Gasteiger partial charge in [0.25, 0.3) is 0 Å². The van der Waals surface area contributed by atoms with Gasteiger partial charge in [0.15, 0.2) is 0 Å². The van der Waals surface area contributed by atoms with E-state index in [2.05, 4.69) is 60.4 Å². The molecule has 0 spiro atoms. The highest BCUT2D eigenvalue weighted by Gasteiger charge is 2.00. The van der Waals surface area contributed by atoms with Crippen LogP contribution in [-0.4, -0.2) is 4.98 Å². The van der Waals surface area contributed by atoms with E-state index < -0.39 is 0 Å². The zero-order valence-electron chi connectivity index (χ0n) is 10.8. The second-order valence-electron chi connectivity index (χ2n) is 4.62. The predicted octanol–water partition coefficient (Wildman–Crippen LogP) is 4.84. The van der Waals surface area contributed by atoms with Crippen molar-refractivity contribution >= 4 is 22.7 Å². The largest absolute Gasteiger partial charge is 0.241 e. The Hall–Kier alpha value is -1.80. The Balaban J connectivity index is 1.76. The number of para-hydroxylation sites is 1. The number of rotatable bonds is 3. The maximum atomic E-state index is 4.67. The Morgan fingerprint density at radius 2 is 1.68 bits per heavy atom. The van der Waals surface area contributed by atoms with Crippen molar-refractivity contribution in [2.75, 3.05) is 0 Å². The summed E-state index contributed by atoms with van der Waals surface area (Å²) in [7, 11) is 0. The molecule has 1 aromatic heterocycles. The molecule has 94 valence electrons. The van der Waals surface area contributed by atoms with Crippen LogP contribution in [0.2, 0.25) is 0 Å². The number of thioether (sulfide) groups is 1. The molecule has 2 heteroatoms. The van der Waals surface area contributed by atoms with E-state index in [1.165, 1.54) is 16.5 Å². The van der Waals surface area contributed by atoms with Gasteiger partial charge in [-0.3, -0.25) is 0 Å². The molecule has 0 saturated carbocycles. The molecule has 3 aromatic rings. The van der Waals surface area contributed by atoms with Gasteiger partial charge in [0.2, 0.25) is 0 Å². The third kappa shape index (κ3) is 2.96. The normalized spacial score (nSPS) is 10.8. The van der Waals surface area contributed by atoms with Gasteiger partial charge in [-0.25, -0.2) is 4.98 Å². The molecule has 3 rings (SSSR count). The summed E-state index contributed by atoms with van der Waals surface area (Å²) >= 11 is 1.78. The number of benzene rings is 2. The van der Waals surface area contributed by atoms with E-state index in [4.69, 9.17) is 0 Å². The molecule has 0 amide bonds. The number of pyridine rings is 1. The summed E-state index contributed by atoms with van der Waals surface area (Å²) in [5.74, 6) is 0.964. The monoisotopic (exact) mass is 265 g/mol. The lowest BCUT2D eigenvalue weighted by atomic mass is 10.2. The first kappa shape index (κ1) is 12.2. The first-order valence-electron chi connectivity index (χ1n) is 6.35. The summed E-state index contributed by atoms with van der Waals surface area (Å²) in [6, 6.07) is 21.1. The van der Waals surface area contributed by atoms with Crippen molar-refractivity contribution in [2.24, 2.45) is 0 Å². The minimum Gasteiger partial charge on any atom is -0.241 e. The molecule has 0 unspecified atom stereocenters. The zero-order valence-corrected chi connectivity index (χ0v) is 11.7. The van der Waals surface area contributed by atoms with Crippen molar-refractivity contribution in [1.29, 1.82) is 0 Å². The van der Waals surface area contributed by atoms with Gasteiger partial charge < -0.3 is 0 Å². The lowest BCUT2D eigenvalue weighted by Gasteiger charge is -2.03. The van der Waals surface area contributed by atoms with Gasteiger partial charge in [-0.2, -0.15) is 0 Å². The van der Waals surface area contributed by atoms with E-state index in [1.807, 2.05) is 12.1 Å². The van der Waals surface area contributed by atoms with Gasteiger partial charge in [-0.15, -0.1) is 11.8 Å². The second kappa shape index (κ2) is 5.45. The maximum absolute atomic E-state index is 4.67. The fourth-order valence-electron chi connectivity index (χ4n) is 1.97. The Kier molecular flexibility index (Phi) is 3.51. The molecular weight excluding hydrogens is 250 g/mol. The molecule has 0 aliphatic carbocycles.